The summed E-state index contributed by atoms with van der Waals surface area (Å²) in [5, 5.41) is 0. The minimum atomic E-state index is -4.64. The average Bonchev–Trinajstić information content (AvgIpc) is 0.722. The van der Waals surface area contributed by atoms with Crippen LogP contribution in [0.3, 0.4) is 0 Å². The van der Waals surface area contributed by atoms with E-state index in [1.165, 1.54) is 0 Å². The molecule has 42 valence electrons. The van der Waals surface area contributed by atoms with Gasteiger partial charge in [0.15, 0.2) is 17.4 Å². The van der Waals surface area contributed by atoms with Crippen molar-refractivity contribution < 1.29 is 59.8 Å². The summed E-state index contributed by atoms with van der Waals surface area (Å²) in [6.45, 7) is 0. The fraction of sp³-hybridized carbons (Fsp3) is 0. The van der Waals surface area contributed by atoms with Crippen molar-refractivity contribution in [3.63, 3.8) is 0 Å². The van der Waals surface area contributed by atoms with Gasteiger partial charge in [-0.15, -0.1) is 0 Å². The van der Waals surface area contributed by atoms with Crippen LogP contribution in [-0.4, -0.2) is 32.0 Å². The summed E-state index contributed by atoms with van der Waals surface area (Å²) in [6.07, 6.45) is 0. The maximum absolute atomic E-state index is 8.88. The van der Waals surface area contributed by atoms with E-state index in [-0.39, 0.29) is 57.9 Å². The smallest absolute Gasteiger partial charge is 1.00 e. The Balaban J connectivity index is -0.00000000800. The molecule has 0 aliphatic heterocycles. The Morgan fingerprint density at radius 3 is 1.12 bits per heavy atom. The van der Waals surface area contributed by atoms with Crippen LogP contribution in [-0.2, 0) is 4.57 Å². The standard InChI is InChI=1S/Al.2Li.H3O4P.5H/c;;;1-5(2,3)4;;;;;/h;;;(H3,1,2,3,4);;;;;/q;2*+1;;;;;2*-1. The van der Waals surface area contributed by atoms with Crippen molar-refractivity contribution in [2.75, 3.05) is 0 Å². The summed E-state index contributed by atoms with van der Waals surface area (Å²) in [5.74, 6) is 0. The molecule has 0 saturated heterocycles. The van der Waals surface area contributed by atoms with Gasteiger partial charge in [-0.2, -0.15) is 0 Å². The van der Waals surface area contributed by atoms with Crippen LogP contribution in [0.4, 0.5) is 0 Å². The largest absolute Gasteiger partial charge is 1.00 e. The zero-order valence-electron chi connectivity index (χ0n) is 6.20. The third kappa shape index (κ3) is 109. The van der Waals surface area contributed by atoms with Crippen molar-refractivity contribution in [2.45, 2.75) is 0 Å². The van der Waals surface area contributed by atoms with Gasteiger partial charge in [0.2, 0.25) is 0 Å². The summed E-state index contributed by atoms with van der Waals surface area (Å²) in [6, 6.07) is 0. The van der Waals surface area contributed by atoms with Gasteiger partial charge in [-0.1, -0.05) is 0 Å². The van der Waals surface area contributed by atoms with Gasteiger partial charge in [-0.05, 0) is 0 Å². The molecule has 4 nitrogen and oxygen atoms in total. The second-order valence-corrected chi connectivity index (χ2v) is 1.54. The molecule has 0 aliphatic rings. The van der Waals surface area contributed by atoms with E-state index in [1.807, 2.05) is 0 Å². The molecule has 8 heteroatoms. The fourth-order valence-corrected chi connectivity index (χ4v) is 0. The predicted molar refractivity (Wildman–Crippen MR) is 26.4 cm³/mol. The Morgan fingerprint density at radius 2 is 1.12 bits per heavy atom. The van der Waals surface area contributed by atoms with Crippen molar-refractivity contribution in [2.24, 2.45) is 0 Å². The van der Waals surface area contributed by atoms with Crippen LogP contribution in [0.15, 0.2) is 0 Å². The number of phosphoric acid groups is 1. The molecule has 0 saturated carbocycles. The van der Waals surface area contributed by atoms with Crippen LogP contribution in [0, 0.1) is 0 Å². The van der Waals surface area contributed by atoms with Crippen LogP contribution in [0.5, 0.6) is 0 Å². The fourth-order valence-electron chi connectivity index (χ4n) is 0. The molecule has 3 N–H and O–H groups in total. The molecular formula is H8AlLi2O4P. The molecule has 0 unspecified atom stereocenters. The van der Waals surface area contributed by atoms with Crippen LogP contribution in [0.2, 0.25) is 0 Å². The van der Waals surface area contributed by atoms with E-state index in [1.54, 1.807) is 0 Å². The van der Waals surface area contributed by atoms with E-state index in [9.17, 15) is 0 Å². The number of hydrogen-bond acceptors (Lipinski definition) is 1. The van der Waals surface area contributed by atoms with E-state index < -0.39 is 7.82 Å². The summed E-state index contributed by atoms with van der Waals surface area (Å²) < 4.78 is 8.88. The van der Waals surface area contributed by atoms with Gasteiger partial charge in [0, 0.05) is 0 Å². The summed E-state index contributed by atoms with van der Waals surface area (Å²) in [5.41, 5.74) is 0. The third-order valence-corrected chi connectivity index (χ3v) is 0. The van der Waals surface area contributed by atoms with Crippen molar-refractivity contribution >= 4 is 25.2 Å². The zero-order chi connectivity index (χ0) is 4.50. The van der Waals surface area contributed by atoms with Crippen LogP contribution >= 0.6 is 7.82 Å². The van der Waals surface area contributed by atoms with Crippen LogP contribution in [0.25, 0.3) is 0 Å². The topological polar surface area (TPSA) is 77.8 Å². The van der Waals surface area contributed by atoms with E-state index in [4.69, 9.17) is 19.2 Å². The Morgan fingerprint density at radius 1 is 1.12 bits per heavy atom. The molecule has 0 bridgehead atoms. The van der Waals surface area contributed by atoms with Crippen molar-refractivity contribution in [3.8, 4) is 0 Å². The molecule has 0 radical (unpaired) electrons. The minimum absolute atomic E-state index is 0. The maximum Gasteiger partial charge on any atom is 1.00 e. The minimum Gasteiger partial charge on any atom is -1.00 e. The quantitative estimate of drug-likeness (QED) is 0.233. The maximum atomic E-state index is 8.88. The van der Waals surface area contributed by atoms with Gasteiger partial charge >= 0.3 is 45.5 Å². The van der Waals surface area contributed by atoms with Gasteiger partial charge in [0.1, 0.15) is 0 Å². The van der Waals surface area contributed by atoms with Gasteiger partial charge in [-0.3, -0.25) is 0 Å². The summed E-state index contributed by atoms with van der Waals surface area (Å²) in [4.78, 5) is 21.6. The van der Waals surface area contributed by atoms with Gasteiger partial charge in [-0.25, -0.2) is 4.57 Å². The SMILES string of the molecule is O=P(O)(O)O.[AlH3].[H-].[H-].[Li+].[Li+]. The molecule has 0 atom stereocenters. The second-order valence-electron chi connectivity index (χ2n) is 0.513. The van der Waals surface area contributed by atoms with Crippen molar-refractivity contribution in [1.82, 2.24) is 0 Å². The van der Waals surface area contributed by atoms with Gasteiger partial charge < -0.3 is 17.5 Å². The first kappa shape index (κ1) is 22.5. The molecule has 0 aromatic carbocycles. The van der Waals surface area contributed by atoms with E-state index in [0.29, 0.717) is 0 Å². The molecule has 0 aromatic rings. The first-order valence-corrected chi connectivity index (χ1v) is 2.35. The van der Waals surface area contributed by atoms with Crippen LogP contribution in [0.1, 0.15) is 2.85 Å². The molecule has 8 heavy (non-hydrogen) atoms. The molecule has 0 spiro atoms. The summed E-state index contributed by atoms with van der Waals surface area (Å²) >= 11 is 0. The zero-order valence-corrected chi connectivity index (χ0v) is 5.09. The van der Waals surface area contributed by atoms with Crippen molar-refractivity contribution in [3.05, 3.63) is 0 Å². The first-order chi connectivity index (χ1) is 2.00. The molecule has 0 fully saturated rings. The van der Waals surface area contributed by atoms with Gasteiger partial charge in [0.25, 0.3) is 0 Å². The summed E-state index contributed by atoms with van der Waals surface area (Å²) in [7, 11) is -4.64. The molecule has 0 amide bonds. The van der Waals surface area contributed by atoms with Gasteiger partial charge in [0.05, 0.1) is 0 Å². The molecule has 0 aromatic heterocycles. The molecule has 0 heterocycles. The number of hydrogen-bond donors (Lipinski definition) is 3. The Bertz CT molecular complexity index is 67.4. The molecule has 0 aliphatic carbocycles. The Hall–Kier alpha value is 1.84. The van der Waals surface area contributed by atoms with E-state index >= 15 is 0 Å². The average molecular weight is 144 g/mol. The molecular weight excluding hydrogens is 136 g/mol. The number of rotatable bonds is 0. The third-order valence-electron chi connectivity index (χ3n) is 0. The predicted octanol–water partition coefficient (Wildman–Crippen LogP) is -7.88. The second kappa shape index (κ2) is 8.84. The first-order valence-electron chi connectivity index (χ1n) is 0.783. The van der Waals surface area contributed by atoms with Crippen molar-refractivity contribution in [1.29, 1.82) is 0 Å². The Labute approximate surface area is 84.7 Å². The van der Waals surface area contributed by atoms with E-state index in [0.717, 1.165) is 0 Å². The monoisotopic (exact) mass is 144 g/mol. The normalized spacial score (nSPS) is 7.38. The Kier molecular flexibility index (Phi) is 24.9. The van der Waals surface area contributed by atoms with Crippen LogP contribution < -0.4 is 37.7 Å². The van der Waals surface area contributed by atoms with E-state index in [2.05, 4.69) is 0 Å². The molecule has 0 rings (SSSR count).